The second-order valence-electron chi connectivity index (χ2n) is 9.38. The van der Waals surface area contributed by atoms with Crippen molar-refractivity contribution in [1.29, 1.82) is 0 Å². The lowest BCUT2D eigenvalue weighted by atomic mass is 10.1. The normalized spacial score (nSPS) is 11.4. The van der Waals surface area contributed by atoms with Gasteiger partial charge in [0.25, 0.3) is 0 Å². The van der Waals surface area contributed by atoms with Gasteiger partial charge in [-0.2, -0.15) is 0 Å². The summed E-state index contributed by atoms with van der Waals surface area (Å²) in [6.07, 6.45) is 6.59. The summed E-state index contributed by atoms with van der Waals surface area (Å²) in [6, 6.07) is 5.17. The number of nitrogens with one attached hydrogen (secondary N) is 2. The molecule has 0 aromatic heterocycles. The molecule has 0 spiro atoms. The third-order valence-corrected chi connectivity index (χ3v) is 5.90. The number of aliphatic carboxylic acids is 1. The molecule has 13 nitrogen and oxygen atoms in total. The Balaban J connectivity index is 2.03. The van der Waals surface area contributed by atoms with Gasteiger partial charge in [-0.15, -0.1) is 0 Å². The van der Waals surface area contributed by atoms with Gasteiger partial charge < -0.3 is 40.8 Å². The fourth-order valence-electron chi connectivity index (χ4n) is 3.70. The molecule has 3 amide bonds. The van der Waals surface area contributed by atoms with E-state index in [4.69, 9.17) is 25.1 Å². The SMILES string of the molecule is NC(=O)COCCOCCNC(=O)CC[C@H](NC(=O)CCCCCCCCCOc1ccc(C(=O)O)cc1)C(=O)O. The fraction of sp³-hybridized carbons (Fsp3) is 0.607. The summed E-state index contributed by atoms with van der Waals surface area (Å²) in [6.45, 7) is 1.27. The molecule has 0 bridgehead atoms. The van der Waals surface area contributed by atoms with E-state index >= 15 is 0 Å². The Morgan fingerprint density at radius 3 is 2.02 bits per heavy atom. The average Bonchev–Trinajstić information content (AvgIpc) is 2.93. The van der Waals surface area contributed by atoms with Crippen LogP contribution in [0.1, 0.15) is 74.6 Å². The van der Waals surface area contributed by atoms with Crippen molar-refractivity contribution in [3.05, 3.63) is 29.8 Å². The number of carboxylic acid groups (broad SMARTS) is 2. The highest BCUT2D eigenvalue weighted by atomic mass is 16.5. The van der Waals surface area contributed by atoms with Crippen LogP contribution in [0.4, 0.5) is 0 Å². The highest BCUT2D eigenvalue weighted by Crippen LogP contribution is 2.14. The van der Waals surface area contributed by atoms with Crippen LogP contribution in [-0.4, -0.2) is 85.5 Å². The van der Waals surface area contributed by atoms with E-state index in [-0.39, 0.29) is 69.6 Å². The van der Waals surface area contributed by atoms with E-state index in [1.54, 1.807) is 12.1 Å². The van der Waals surface area contributed by atoms with Crippen LogP contribution < -0.4 is 21.1 Å². The molecule has 0 fully saturated rings. The third-order valence-electron chi connectivity index (χ3n) is 5.90. The van der Waals surface area contributed by atoms with E-state index < -0.39 is 23.9 Å². The number of carbonyl (C=O) groups excluding carboxylic acids is 3. The first-order valence-corrected chi connectivity index (χ1v) is 13.9. The van der Waals surface area contributed by atoms with Gasteiger partial charge in [-0.05, 0) is 43.5 Å². The van der Waals surface area contributed by atoms with Crippen LogP contribution in [0.3, 0.4) is 0 Å². The molecule has 13 heteroatoms. The first kappa shape index (κ1) is 35.3. The first-order valence-electron chi connectivity index (χ1n) is 13.9. The Morgan fingerprint density at radius 2 is 1.39 bits per heavy atom. The topological polar surface area (TPSA) is 204 Å². The number of amides is 3. The molecule has 6 N–H and O–H groups in total. The molecular weight excluding hydrogens is 538 g/mol. The third kappa shape index (κ3) is 19.1. The summed E-state index contributed by atoms with van der Waals surface area (Å²) in [7, 11) is 0. The molecule has 0 aliphatic heterocycles. The van der Waals surface area contributed by atoms with E-state index in [9.17, 15) is 29.1 Å². The van der Waals surface area contributed by atoms with Crippen LogP contribution >= 0.6 is 0 Å². The van der Waals surface area contributed by atoms with Crippen molar-refractivity contribution in [2.45, 2.75) is 70.3 Å². The van der Waals surface area contributed by atoms with Gasteiger partial charge in [0.15, 0.2) is 0 Å². The summed E-state index contributed by atoms with van der Waals surface area (Å²) < 4.78 is 15.8. The molecule has 0 saturated carbocycles. The molecule has 41 heavy (non-hydrogen) atoms. The zero-order chi connectivity index (χ0) is 30.3. The van der Waals surface area contributed by atoms with Gasteiger partial charge in [-0.3, -0.25) is 14.4 Å². The molecule has 0 heterocycles. The number of unbranched alkanes of at least 4 members (excludes halogenated alkanes) is 6. The summed E-state index contributed by atoms with van der Waals surface area (Å²) >= 11 is 0. The van der Waals surface area contributed by atoms with Crippen molar-refractivity contribution in [3.8, 4) is 5.75 Å². The zero-order valence-electron chi connectivity index (χ0n) is 23.4. The number of carbonyl (C=O) groups is 5. The largest absolute Gasteiger partial charge is 0.494 e. The zero-order valence-corrected chi connectivity index (χ0v) is 23.4. The van der Waals surface area contributed by atoms with Crippen molar-refractivity contribution < 1.29 is 48.4 Å². The molecular formula is C28H43N3O10. The first-order chi connectivity index (χ1) is 19.7. The molecule has 0 aliphatic carbocycles. The van der Waals surface area contributed by atoms with Gasteiger partial charge in [0.1, 0.15) is 18.4 Å². The molecule has 1 atom stereocenters. The number of rotatable bonds is 25. The minimum atomic E-state index is -1.19. The molecule has 0 unspecified atom stereocenters. The Morgan fingerprint density at radius 1 is 0.756 bits per heavy atom. The highest BCUT2D eigenvalue weighted by Gasteiger charge is 2.20. The number of carboxylic acids is 2. The van der Waals surface area contributed by atoms with E-state index in [1.165, 1.54) is 12.1 Å². The minimum absolute atomic E-state index is 0.0217. The van der Waals surface area contributed by atoms with Crippen molar-refractivity contribution in [1.82, 2.24) is 10.6 Å². The fourth-order valence-corrected chi connectivity index (χ4v) is 3.70. The summed E-state index contributed by atoms with van der Waals surface area (Å²) in [5.41, 5.74) is 5.15. The Hall–Kier alpha value is -3.71. The Bertz CT molecular complexity index is 940. The standard InChI is InChI=1S/C28H43N3O10/c29-24(32)20-40-19-18-39-17-15-30-25(33)14-13-23(28(37)38)31-26(34)8-6-4-2-1-3-5-7-16-41-22-11-9-21(10-12-22)27(35)36/h9-12,23H,1-8,13-20H2,(H2,29,32)(H,30,33)(H,31,34)(H,35,36)(H,37,38)/t23-/m0/s1. The molecule has 1 aromatic rings. The molecule has 0 aliphatic rings. The van der Waals surface area contributed by atoms with Gasteiger partial charge in [-0.1, -0.05) is 32.1 Å². The van der Waals surface area contributed by atoms with Gasteiger partial charge in [0.05, 0.1) is 32.0 Å². The van der Waals surface area contributed by atoms with Crippen LogP contribution in [0, 0.1) is 0 Å². The molecule has 1 aromatic carbocycles. The maximum absolute atomic E-state index is 12.2. The quantitative estimate of drug-likeness (QED) is 0.106. The lowest BCUT2D eigenvalue weighted by Crippen LogP contribution is -2.41. The molecule has 0 radical (unpaired) electrons. The smallest absolute Gasteiger partial charge is 0.335 e. The number of benzene rings is 1. The van der Waals surface area contributed by atoms with Gasteiger partial charge >= 0.3 is 11.9 Å². The van der Waals surface area contributed by atoms with Gasteiger partial charge in [-0.25, -0.2) is 9.59 Å². The lowest BCUT2D eigenvalue weighted by Gasteiger charge is -2.14. The Kier molecular flexibility index (Phi) is 19.0. The average molecular weight is 582 g/mol. The summed E-state index contributed by atoms with van der Waals surface area (Å²) in [5.74, 6) is -2.78. The predicted molar refractivity (Wildman–Crippen MR) is 148 cm³/mol. The van der Waals surface area contributed by atoms with E-state index in [0.29, 0.717) is 18.8 Å². The second kappa shape index (κ2) is 22.0. The number of hydrogen-bond donors (Lipinski definition) is 5. The van der Waals surface area contributed by atoms with Crippen LogP contribution in [0.5, 0.6) is 5.75 Å². The Labute approximate surface area is 240 Å². The van der Waals surface area contributed by atoms with Crippen LogP contribution in [0.15, 0.2) is 24.3 Å². The van der Waals surface area contributed by atoms with E-state index in [1.807, 2.05) is 0 Å². The van der Waals surface area contributed by atoms with Gasteiger partial charge in [0, 0.05) is 19.4 Å². The van der Waals surface area contributed by atoms with Crippen molar-refractivity contribution in [2.24, 2.45) is 5.73 Å². The lowest BCUT2D eigenvalue weighted by molar-refractivity contribution is -0.142. The minimum Gasteiger partial charge on any atom is -0.494 e. The maximum atomic E-state index is 12.2. The highest BCUT2D eigenvalue weighted by molar-refractivity contribution is 5.87. The van der Waals surface area contributed by atoms with E-state index in [2.05, 4.69) is 10.6 Å². The van der Waals surface area contributed by atoms with Crippen molar-refractivity contribution in [3.63, 3.8) is 0 Å². The number of hydrogen-bond acceptors (Lipinski definition) is 8. The van der Waals surface area contributed by atoms with Crippen LogP contribution in [0.25, 0.3) is 0 Å². The van der Waals surface area contributed by atoms with Crippen molar-refractivity contribution >= 4 is 29.7 Å². The summed E-state index contributed by atoms with van der Waals surface area (Å²) in [5, 5.41) is 23.4. The molecule has 230 valence electrons. The van der Waals surface area contributed by atoms with Crippen molar-refractivity contribution in [2.75, 3.05) is 39.6 Å². The maximum Gasteiger partial charge on any atom is 0.335 e. The molecule has 1 rings (SSSR count). The number of primary amides is 1. The monoisotopic (exact) mass is 581 g/mol. The van der Waals surface area contributed by atoms with Crippen LogP contribution in [-0.2, 0) is 28.7 Å². The predicted octanol–water partition coefficient (Wildman–Crippen LogP) is 1.87. The second-order valence-corrected chi connectivity index (χ2v) is 9.38. The number of aromatic carboxylic acids is 1. The number of ether oxygens (including phenoxy) is 3. The molecule has 0 saturated heterocycles. The number of nitrogens with two attached hydrogens (primary N) is 1. The van der Waals surface area contributed by atoms with Crippen LogP contribution in [0.2, 0.25) is 0 Å². The summed E-state index contributed by atoms with van der Waals surface area (Å²) in [4.78, 5) is 57.0. The van der Waals surface area contributed by atoms with Gasteiger partial charge in [0.2, 0.25) is 17.7 Å². The van der Waals surface area contributed by atoms with E-state index in [0.717, 1.165) is 38.5 Å².